The minimum absolute atomic E-state index is 0.000924. The van der Waals surface area contributed by atoms with Gasteiger partial charge in [0, 0.05) is 44.5 Å². The van der Waals surface area contributed by atoms with Crippen LogP contribution in [0.1, 0.15) is 16.8 Å². The number of imidazole rings is 1. The van der Waals surface area contributed by atoms with Gasteiger partial charge in [-0.2, -0.15) is 0 Å². The predicted octanol–water partition coefficient (Wildman–Crippen LogP) is 1.30. The molecule has 4 rings (SSSR count). The molecule has 0 saturated carbocycles. The van der Waals surface area contributed by atoms with Gasteiger partial charge in [-0.3, -0.25) is 14.3 Å². The highest BCUT2D eigenvalue weighted by molar-refractivity contribution is 5.94. The molecule has 3 heterocycles. The van der Waals surface area contributed by atoms with Crippen LogP contribution >= 0.6 is 0 Å². The zero-order valence-electron chi connectivity index (χ0n) is 16.3. The van der Waals surface area contributed by atoms with Crippen molar-refractivity contribution in [1.29, 1.82) is 0 Å². The van der Waals surface area contributed by atoms with Crippen molar-refractivity contribution in [3.63, 3.8) is 0 Å². The first-order valence-corrected chi connectivity index (χ1v) is 9.59. The Kier molecular flexibility index (Phi) is 5.68. The van der Waals surface area contributed by atoms with Gasteiger partial charge in [0.25, 0.3) is 5.91 Å². The van der Waals surface area contributed by atoms with Crippen LogP contribution in [-0.4, -0.2) is 70.3 Å². The van der Waals surface area contributed by atoms with Gasteiger partial charge in [-0.15, -0.1) is 0 Å². The third-order valence-corrected chi connectivity index (χ3v) is 4.94. The number of benzene rings is 1. The van der Waals surface area contributed by atoms with E-state index in [1.165, 1.54) is 0 Å². The maximum absolute atomic E-state index is 12.6. The molecule has 2 aromatic heterocycles. The van der Waals surface area contributed by atoms with Crippen LogP contribution in [0, 0.1) is 0 Å². The number of carbonyl (C=O) groups is 1. The highest BCUT2D eigenvalue weighted by Crippen LogP contribution is 2.20. The molecule has 1 saturated heterocycles. The van der Waals surface area contributed by atoms with Crippen LogP contribution in [0.3, 0.4) is 0 Å². The Hall–Kier alpha value is -3.04. The second-order valence-corrected chi connectivity index (χ2v) is 6.84. The summed E-state index contributed by atoms with van der Waals surface area (Å²) in [5.41, 5.74) is 2.83. The maximum Gasteiger partial charge on any atom is 0.328 e. The van der Waals surface area contributed by atoms with Crippen molar-refractivity contribution in [2.75, 3.05) is 40.0 Å². The molecule has 0 aliphatic carbocycles. The first kappa shape index (κ1) is 19.3. The summed E-state index contributed by atoms with van der Waals surface area (Å²) in [5, 5.41) is 0. The van der Waals surface area contributed by atoms with E-state index in [1.807, 2.05) is 12.1 Å². The summed E-state index contributed by atoms with van der Waals surface area (Å²) < 4.78 is 11.9. The molecule has 9 nitrogen and oxygen atoms in total. The molecular weight excluding hydrogens is 374 g/mol. The van der Waals surface area contributed by atoms with E-state index in [0.717, 1.165) is 5.56 Å². The van der Waals surface area contributed by atoms with Crippen LogP contribution in [0.5, 0.6) is 0 Å². The number of carbonyl (C=O) groups excluding carboxylic acids is 1. The molecule has 1 aliphatic heterocycles. The van der Waals surface area contributed by atoms with Crippen molar-refractivity contribution >= 4 is 17.2 Å². The number of fused-ring (bicyclic) bond motifs is 1. The highest BCUT2D eigenvalue weighted by Gasteiger charge is 2.18. The van der Waals surface area contributed by atoms with E-state index in [-0.39, 0.29) is 11.6 Å². The van der Waals surface area contributed by atoms with E-state index in [0.29, 0.717) is 68.4 Å². The van der Waals surface area contributed by atoms with E-state index in [1.54, 1.807) is 34.9 Å². The zero-order chi connectivity index (χ0) is 20.2. The summed E-state index contributed by atoms with van der Waals surface area (Å²) in [7, 11) is 1.63. The number of morpholine rings is 1. The van der Waals surface area contributed by atoms with E-state index < -0.39 is 0 Å². The van der Waals surface area contributed by atoms with E-state index in [9.17, 15) is 9.59 Å². The molecule has 29 heavy (non-hydrogen) atoms. The number of aryl methyl sites for hydroxylation is 1. The SMILES string of the molecule is COCCCn1c(=O)[nH]c2ncc(-c3ccc(C(=O)N4CCOCC4)cc3)nc21. The summed E-state index contributed by atoms with van der Waals surface area (Å²) in [4.78, 5) is 38.3. The first-order valence-electron chi connectivity index (χ1n) is 9.59. The second kappa shape index (κ2) is 8.54. The Morgan fingerprint density at radius 2 is 2.00 bits per heavy atom. The first-order chi connectivity index (χ1) is 14.2. The third kappa shape index (κ3) is 4.06. The second-order valence-electron chi connectivity index (χ2n) is 6.84. The number of hydrogen-bond acceptors (Lipinski definition) is 6. The molecule has 1 N–H and O–H groups in total. The molecule has 9 heteroatoms. The van der Waals surface area contributed by atoms with Crippen molar-refractivity contribution in [2.24, 2.45) is 0 Å². The summed E-state index contributed by atoms with van der Waals surface area (Å²) in [6, 6.07) is 7.29. The van der Waals surface area contributed by atoms with E-state index in [2.05, 4.69) is 15.0 Å². The Labute approximate surface area is 167 Å². The summed E-state index contributed by atoms with van der Waals surface area (Å²) in [6.45, 7) is 3.42. The average Bonchev–Trinajstić information content (AvgIpc) is 3.08. The molecule has 0 radical (unpaired) electrons. The number of amides is 1. The van der Waals surface area contributed by atoms with Gasteiger partial charge in [0.15, 0.2) is 11.3 Å². The quantitative estimate of drug-likeness (QED) is 0.629. The molecule has 0 atom stereocenters. The topological polar surface area (TPSA) is 102 Å². The predicted molar refractivity (Wildman–Crippen MR) is 107 cm³/mol. The molecule has 1 aromatic carbocycles. The summed E-state index contributed by atoms with van der Waals surface area (Å²) in [5.74, 6) is -0.000924. The number of aromatic amines is 1. The van der Waals surface area contributed by atoms with Crippen molar-refractivity contribution in [3.05, 3.63) is 46.5 Å². The van der Waals surface area contributed by atoms with Gasteiger partial charge in [-0.05, 0) is 18.6 Å². The number of nitrogens with zero attached hydrogens (tertiary/aromatic N) is 4. The van der Waals surface area contributed by atoms with Crippen molar-refractivity contribution in [2.45, 2.75) is 13.0 Å². The number of nitrogens with one attached hydrogen (secondary N) is 1. The van der Waals surface area contributed by atoms with Crippen LogP contribution in [-0.2, 0) is 16.0 Å². The molecule has 3 aromatic rings. The van der Waals surface area contributed by atoms with Crippen LogP contribution in [0.25, 0.3) is 22.6 Å². The fourth-order valence-corrected chi connectivity index (χ4v) is 3.37. The zero-order valence-corrected chi connectivity index (χ0v) is 16.3. The Morgan fingerprint density at radius 1 is 1.24 bits per heavy atom. The van der Waals surface area contributed by atoms with Gasteiger partial charge in [0.1, 0.15) is 0 Å². The Bertz CT molecular complexity index is 1050. The summed E-state index contributed by atoms with van der Waals surface area (Å²) in [6.07, 6.45) is 2.32. The van der Waals surface area contributed by atoms with Crippen LogP contribution in [0.2, 0.25) is 0 Å². The lowest BCUT2D eigenvalue weighted by molar-refractivity contribution is 0.0303. The monoisotopic (exact) mass is 397 g/mol. The Balaban J connectivity index is 1.58. The van der Waals surface area contributed by atoms with Crippen LogP contribution in [0.15, 0.2) is 35.3 Å². The Morgan fingerprint density at radius 3 is 2.72 bits per heavy atom. The lowest BCUT2D eigenvalue weighted by Gasteiger charge is -2.26. The smallest absolute Gasteiger partial charge is 0.328 e. The molecule has 1 fully saturated rings. The highest BCUT2D eigenvalue weighted by atomic mass is 16.5. The number of ether oxygens (including phenoxy) is 2. The molecular formula is C20H23N5O4. The largest absolute Gasteiger partial charge is 0.385 e. The van der Waals surface area contributed by atoms with E-state index in [4.69, 9.17) is 9.47 Å². The number of methoxy groups -OCH3 is 1. The molecule has 1 amide bonds. The number of rotatable bonds is 6. The van der Waals surface area contributed by atoms with Gasteiger partial charge < -0.3 is 14.4 Å². The molecule has 0 bridgehead atoms. The lowest BCUT2D eigenvalue weighted by Crippen LogP contribution is -2.40. The average molecular weight is 397 g/mol. The van der Waals surface area contributed by atoms with Crippen LogP contribution in [0.4, 0.5) is 0 Å². The van der Waals surface area contributed by atoms with E-state index >= 15 is 0 Å². The van der Waals surface area contributed by atoms with Crippen molar-refractivity contribution < 1.29 is 14.3 Å². The van der Waals surface area contributed by atoms with Gasteiger partial charge in [-0.1, -0.05) is 12.1 Å². The number of aromatic nitrogens is 4. The maximum atomic E-state index is 12.6. The third-order valence-electron chi connectivity index (χ3n) is 4.94. The van der Waals surface area contributed by atoms with Gasteiger partial charge in [0.2, 0.25) is 0 Å². The summed E-state index contributed by atoms with van der Waals surface area (Å²) >= 11 is 0. The lowest BCUT2D eigenvalue weighted by atomic mass is 10.1. The fourth-order valence-electron chi connectivity index (χ4n) is 3.37. The minimum atomic E-state index is -0.236. The normalized spacial score (nSPS) is 14.4. The van der Waals surface area contributed by atoms with Gasteiger partial charge in [0.05, 0.1) is 25.1 Å². The number of hydrogen-bond donors (Lipinski definition) is 1. The van der Waals surface area contributed by atoms with Crippen molar-refractivity contribution in [1.82, 2.24) is 24.4 Å². The van der Waals surface area contributed by atoms with Crippen LogP contribution < -0.4 is 5.69 Å². The standard InChI is InChI=1S/C20H23N5O4/c1-28-10-2-7-25-18-17(23-20(25)27)21-13-16(22-18)14-3-5-15(6-4-14)19(26)24-8-11-29-12-9-24/h3-6,13H,2,7-12H2,1H3,(H,21,23,27). The molecule has 152 valence electrons. The number of H-pyrrole nitrogens is 1. The molecule has 0 spiro atoms. The van der Waals surface area contributed by atoms with Gasteiger partial charge in [-0.25, -0.2) is 14.8 Å². The van der Waals surface area contributed by atoms with Gasteiger partial charge >= 0.3 is 5.69 Å². The minimum Gasteiger partial charge on any atom is -0.385 e. The fraction of sp³-hybridized carbons (Fsp3) is 0.400. The molecule has 1 aliphatic rings. The van der Waals surface area contributed by atoms with Crippen molar-refractivity contribution in [3.8, 4) is 11.3 Å². The molecule has 0 unspecified atom stereocenters.